The van der Waals surface area contributed by atoms with Crippen molar-refractivity contribution in [1.82, 2.24) is 0 Å². The van der Waals surface area contributed by atoms with Gasteiger partial charge in [-0.1, -0.05) is 18.2 Å². The average Bonchev–Trinajstić information content (AvgIpc) is 2.72. The number of rotatable bonds is 10. The standard InChI is InChI=1S/C21H26N2O8/c1-5-29-20(26)17-16(13-10-8-9-11-14(13)23(27)28)15(19(24)25)12(4)22-18(17)21(30-6-2)31-7-3/h8-11,15-16,21H,5-7H2,1-4H3,(H,24,25). The molecule has 0 saturated heterocycles. The van der Waals surface area contributed by atoms with E-state index in [0.717, 1.165) is 0 Å². The second-order valence-electron chi connectivity index (χ2n) is 6.62. The fraction of sp³-hybridized carbons (Fsp3) is 0.476. The largest absolute Gasteiger partial charge is 0.481 e. The Balaban J connectivity index is 2.88. The zero-order chi connectivity index (χ0) is 23.1. The van der Waals surface area contributed by atoms with Crippen LogP contribution in [0.1, 0.15) is 39.2 Å². The number of benzene rings is 1. The second kappa shape index (κ2) is 10.8. The maximum atomic E-state index is 13.0. The lowest BCUT2D eigenvalue weighted by molar-refractivity contribution is -0.385. The molecule has 10 heteroatoms. The van der Waals surface area contributed by atoms with Gasteiger partial charge in [-0.05, 0) is 27.7 Å². The molecule has 1 aliphatic heterocycles. The fourth-order valence-corrected chi connectivity index (χ4v) is 3.59. The fourth-order valence-electron chi connectivity index (χ4n) is 3.59. The van der Waals surface area contributed by atoms with Crippen molar-refractivity contribution < 1.29 is 33.8 Å². The molecule has 0 radical (unpaired) electrons. The number of aliphatic carboxylic acids is 1. The molecular weight excluding hydrogens is 408 g/mol. The van der Waals surface area contributed by atoms with Gasteiger partial charge in [-0.2, -0.15) is 0 Å². The number of carboxylic acids is 1. The van der Waals surface area contributed by atoms with Crippen molar-refractivity contribution in [2.45, 2.75) is 39.9 Å². The number of carbonyl (C=O) groups excluding carboxylic acids is 1. The Morgan fingerprint density at radius 2 is 1.77 bits per heavy atom. The topological polar surface area (TPSA) is 138 Å². The lowest BCUT2D eigenvalue weighted by atomic mass is 9.75. The molecule has 2 rings (SSSR count). The number of nitrogens with zero attached hydrogens (tertiary/aromatic N) is 2. The molecular formula is C21H26N2O8. The molecule has 1 aromatic rings. The molecule has 1 N–H and O–H groups in total. The van der Waals surface area contributed by atoms with Crippen LogP contribution in [0.25, 0.3) is 0 Å². The van der Waals surface area contributed by atoms with E-state index in [1.807, 2.05) is 0 Å². The molecule has 1 aliphatic rings. The van der Waals surface area contributed by atoms with Crippen molar-refractivity contribution in [2.24, 2.45) is 10.9 Å². The highest BCUT2D eigenvalue weighted by Gasteiger charge is 2.46. The summed E-state index contributed by atoms with van der Waals surface area (Å²) in [5.41, 5.74) is -0.134. The Kier molecular flexibility index (Phi) is 8.40. The molecule has 1 aromatic carbocycles. The number of ether oxygens (including phenoxy) is 3. The van der Waals surface area contributed by atoms with Gasteiger partial charge in [0, 0.05) is 36.5 Å². The van der Waals surface area contributed by atoms with Gasteiger partial charge in [-0.25, -0.2) is 4.79 Å². The van der Waals surface area contributed by atoms with Crippen molar-refractivity contribution in [3.05, 3.63) is 51.2 Å². The summed E-state index contributed by atoms with van der Waals surface area (Å²) < 4.78 is 16.4. The van der Waals surface area contributed by atoms with Crippen LogP contribution in [0.15, 0.2) is 40.5 Å². The first kappa shape index (κ1) is 24.2. The van der Waals surface area contributed by atoms with E-state index in [-0.39, 0.29) is 48.1 Å². The minimum atomic E-state index is -1.31. The second-order valence-corrected chi connectivity index (χ2v) is 6.62. The predicted molar refractivity (Wildman–Crippen MR) is 111 cm³/mol. The Morgan fingerprint density at radius 1 is 1.16 bits per heavy atom. The molecule has 0 aliphatic carbocycles. The number of carboxylic acid groups (broad SMARTS) is 1. The number of para-hydroxylation sites is 1. The van der Waals surface area contributed by atoms with E-state index in [9.17, 15) is 24.8 Å². The van der Waals surface area contributed by atoms with E-state index in [1.54, 1.807) is 26.8 Å². The van der Waals surface area contributed by atoms with Crippen LogP contribution in [0.3, 0.4) is 0 Å². The number of hydrogen-bond donors (Lipinski definition) is 1. The third-order valence-electron chi connectivity index (χ3n) is 4.76. The summed E-state index contributed by atoms with van der Waals surface area (Å²) in [5.74, 6) is -4.62. The normalized spacial score (nSPS) is 18.7. The summed E-state index contributed by atoms with van der Waals surface area (Å²) >= 11 is 0. The van der Waals surface area contributed by atoms with Crippen LogP contribution in [0.2, 0.25) is 0 Å². The molecule has 2 unspecified atom stereocenters. The Labute approximate surface area is 179 Å². The van der Waals surface area contributed by atoms with Gasteiger partial charge in [0.25, 0.3) is 5.69 Å². The van der Waals surface area contributed by atoms with E-state index in [1.165, 1.54) is 25.1 Å². The summed E-state index contributed by atoms with van der Waals surface area (Å²) in [6.07, 6.45) is -1.07. The molecule has 0 aromatic heterocycles. The first-order valence-electron chi connectivity index (χ1n) is 9.93. The summed E-state index contributed by atoms with van der Waals surface area (Å²) in [7, 11) is 0. The molecule has 0 bridgehead atoms. The Bertz CT molecular complexity index is 902. The molecule has 0 saturated carbocycles. The van der Waals surface area contributed by atoms with E-state index in [0.29, 0.717) is 0 Å². The number of esters is 1. The molecule has 1 heterocycles. The maximum Gasteiger partial charge on any atom is 0.336 e. The van der Waals surface area contributed by atoms with Crippen LogP contribution >= 0.6 is 0 Å². The highest BCUT2D eigenvalue weighted by Crippen LogP contribution is 2.44. The van der Waals surface area contributed by atoms with Gasteiger partial charge in [-0.15, -0.1) is 0 Å². The smallest absolute Gasteiger partial charge is 0.336 e. The van der Waals surface area contributed by atoms with Gasteiger partial charge >= 0.3 is 11.9 Å². The van der Waals surface area contributed by atoms with E-state index < -0.39 is 35.0 Å². The molecule has 0 amide bonds. The first-order chi connectivity index (χ1) is 14.8. The third-order valence-corrected chi connectivity index (χ3v) is 4.76. The van der Waals surface area contributed by atoms with Gasteiger partial charge in [0.1, 0.15) is 11.6 Å². The molecule has 31 heavy (non-hydrogen) atoms. The Morgan fingerprint density at radius 3 is 2.29 bits per heavy atom. The van der Waals surface area contributed by atoms with Crippen molar-refractivity contribution >= 4 is 23.3 Å². The highest BCUT2D eigenvalue weighted by atomic mass is 16.7. The van der Waals surface area contributed by atoms with Gasteiger partial charge in [0.2, 0.25) is 6.29 Å². The highest BCUT2D eigenvalue weighted by molar-refractivity contribution is 6.06. The van der Waals surface area contributed by atoms with Gasteiger partial charge in [-0.3, -0.25) is 19.9 Å². The van der Waals surface area contributed by atoms with Crippen LogP contribution < -0.4 is 0 Å². The molecule has 0 spiro atoms. The van der Waals surface area contributed by atoms with Crippen LogP contribution in [0.5, 0.6) is 0 Å². The van der Waals surface area contributed by atoms with E-state index >= 15 is 0 Å². The third kappa shape index (κ3) is 5.15. The summed E-state index contributed by atoms with van der Waals surface area (Å²) in [6.45, 7) is 7.05. The number of nitro benzene ring substituents is 1. The number of nitro groups is 1. The van der Waals surface area contributed by atoms with Crippen molar-refractivity contribution in [3.63, 3.8) is 0 Å². The van der Waals surface area contributed by atoms with Crippen molar-refractivity contribution in [2.75, 3.05) is 19.8 Å². The minimum Gasteiger partial charge on any atom is -0.481 e. The number of aliphatic imine (C=N–C) groups is 1. The van der Waals surface area contributed by atoms with Gasteiger partial charge < -0.3 is 19.3 Å². The summed E-state index contributed by atoms with van der Waals surface area (Å²) in [4.78, 5) is 40.7. The Hall–Kier alpha value is -3.11. The zero-order valence-electron chi connectivity index (χ0n) is 17.9. The molecule has 10 nitrogen and oxygen atoms in total. The zero-order valence-corrected chi connectivity index (χ0v) is 17.9. The maximum absolute atomic E-state index is 13.0. The monoisotopic (exact) mass is 434 g/mol. The van der Waals surface area contributed by atoms with Crippen molar-refractivity contribution in [3.8, 4) is 0 Å². The van der Waals surface area contributed by atoms with E-state index in [2.05, 4.69) is 4.99 Å². The van der Waals surface area contributed by atoms with Crippen molar-refractivity contribution in [1.29, 1.82) is 0 Å². The SMILES string of the molecule is CCOC(=O)C1=C(C(OCC)OCC)N=C(C)C(C(=O)O)C1c1ccccc1[N+](=O)[O-]. The number of hydrogen-bond acceptors (Lipinski definition) is 8. The van der Waals surface area contributed by atoms with Crippen LogP contribution in [0, 0.1) is 16.0 Å². The average molecular weight is 434 g/mol. The van der Waals surface area contributed by atoms with Gasteiger partial charge in [0.05, 0.1) is 17.1 Å². The lowest BCUT2D eigenvalue weighted by Crippen LogP contribution is -2.38. The van der Waals surface area contributed by atoms with Crippen LogP contribution in [-0.4, -0.2) is 53.8 Å². The van der Waals surface area contributed by atoms with Crippen LogP contribution in [0.4, 0.5) is 5.69 Å². The van der Waals surface area contributed by atoms with E-state index in [4.69, 9.17) is 14.2 Å². The first-order valence-corrected chi connectivity index (χ1v) is 9.93. The summed E-state index contributed by atoms with van der Waals surface area (Å²) in [5, 5.41) is 21.6. The predicted octanol–water partition coefficient (Wildman–Crippen LogP) is 3.07. The quantitative estimate of drug-likeness (QED) is 0.257. The summed E-state index contributed by atoms with van der Waals surface area (Å²) in [6, 6.07) is 5.72. The molecule has 0 fully saturated rings. The van der Waals surface area contributed by atoms with Crippen LogP contribution in [-0.2, 0) is 23.8 Å². The molecule has 2 atom stereocenters. The van der Waals surface area contributed by atoms with Gasteiger partial charge in [0.15, 0.2) is 0 Å². The molecule has 168 valence electrons. The lowest BCUT2D eigenvalue weighted by Gasteiger charge is -2.33. The minimum absolute atomic E-state index is 0.0214. The number of carbonyl (C=O) groups is 2.